The first kappa shape index (κ1) is 24.2. The monoisotopic (exact) mass is 449 g/mol. The molecular weight excluding hydrogens is 418 g/mol. The minimum Gasteiger partial charge on any atom is -0.506 e. The molecule has 1 heterocycles. The van der Waals surface area contributed by atoms with Gasteiger partial charge in [0.15, 0.2) is 0 Å². The topological polar surface area (TPSA) is 89.1 Å². The van der Waals surface area contributed by atoms with E-state index in [-0.39, 0.29) is 17.3 Å². The van der Waals surface area contributed by atoms with E-state index in [1.165, 1.54) is 44.7 Å². The van der Waals surface area contributed by atoms with Gasteiger partial charge in [0.1, 0.15) is 16.9 Å². The van der Waals surface area contributed by atoms with Crippen LogP contribution in [0.3, 0.4) is 0 Å². The van der Waals surface area contributed by atoms with Crippen molar-refractivity contribution in [3.05, 3.63) is 70.1 Å². The first-order valence-corrected chi connectivity index (χ1v) is 11.7. The molecule has 6 heteroatoms. The summed E-state index contributed by atoms with van der Waals surface area (Å²) in [6.07, 6.45) is 10.8. The number of fused-ring (bicyclic) bond motifs is 1. The van der Waals surface area contributed by atoms with Gasteiger partial charge in [0.2, 0.25) is 0 Å². The van der Waals surface area contributed by atoms with Crippen LogP contribution in [-0.2, 0) is 4.74 Å². The average Bonchev–Trinajstić information content (AvgIpc) is 2.83. The molecule has 0 unspecified atom stereocenters. The second-order valence-corrected chi connectivity index (χ2v) is 8.06. The lowest BCUT2D eigenvalue weighted by atomic mass is 10.1. The van der Waals surface area contributed by atoms with Gasteiger partial charge in [0.05, 0.1) is 23.2 Å². The smallest absolute Gasteiger partial charge is 0.348 e. The molecule has 3 rings (SSSR count). The van der Waals surface area contributed by atoms with Crippen molar-refractivity contribution in [2.75, 3.05) is 6.61 Å². The number of para-hydroxylation sites is 1. The number of carbonyl (C=O) groups excluding carboxylic acids is 1. The Morgan fingerprint density at radius 1 is 0.970 bits per heavy atom. The minimum absolute atomic E-state index is 0.0254. The number of esters is 1. The van der Waals surface area contributed by atoms with Gasteiger partial charge in [0.25, 0.3) is 0 Å². The van der Waals surface area contributed by atoms with Gasteiger partial charge in [-0.1, -0.05) is 64.0 Å². The highest BCUT2D eigenvalue weighted by Gasteiger charge is 2.12. The summed E-state index contributed by atoms with van der Waals surface area (Å²) in [6.45, 7) is 2.64. The van der Waals surface area contributed by atoms with Crippen molar-refractivity contribution >= 4 is 28.8 Å². The van der Waals surface area contributed by atoms with Crippen LogP contribution in [0, 0.1) is 0 Å². The van der Waals surface area contributed by atoms with Crippen molar-refractivity contribution in [1.29, 1.82) is 0 Å². The molecule has 0 amide bonds. The van der Waals surface area contributed by atoms with Crippen LogP contribution in [0.15, 0.2) is 62.7 Å². The summed E-state index contributed by atoms with van der Waals surface area (Å²) < 4.78 is 10.6. The van der Waals surface area contributed by atoms with Gasteiger partial charge in [-0.15, -0.1) is 0 Å². The fourth-order valence-corrected chi connectivity index (χ4v) is 3.57. The van der Waals surface area contributed by atoms with Gasteiger partial charge in [-0.2, -0.15) is 0 Å². The Bertz CT molecular complexity index is 1130. The summed E-state index contributed by atoms with van der Waals surface area (Å²) in [7, 11) is 0. The number of hydrogen-bond acceptors (Lipinski definition) is 6. The molecule has 0 atom stereocenters. The Balaban J connectivity index is 1.49. The molecule has 0 spiro atoms. The highest BCUT2D eigenvalue weighted by Crippen LogP contribution is 2.25. The normalized spacial score (nSPS) is 11.3. The number of benzene rings is 2. The lowest BCUT2D eigenvalue weighted by Gasteiger charge is -2.05. The van der Waals surface area contributed by atoms with E-state index in [2.05, 4.69) is 11.9 Å². The summed E-state index contributed by atoms with van der Waals surface area (Å²) in [6, 6.07) is 13.3. The van der Waals surface area contributed by atoms with E-state index in [0.29, 0.717) is 28.8 Å². The first-order valence-electron chi connectivity index (χ1n) is 11.7. The number of carbonyl (C=O) groups is 1. The molecule has 33 heavy (non-hydrogen) atoms. The standard InChI is InChI=1S/C27H31NO5/c1-2-3-4-5-6-7-8-11-18-32-26(30)20-14-16-21(17-15-20)28-19-23-25(29)22-12-9-10-13-24(22)33-27(23)31/h9-10,12-17,19,29H,2-8,11,18H2,1H3. The van der Waals surface area contributed by atoms with Gasteiger partial charge in [-0.3, -0.25) is 4.99 Å². The summed E-state index contributed by atoms with van der Waals surface area (Å²) in [5, 5.41) is 10.8. The zero-order valence-corrected chi connectivity index (χ0v) is 19.1. The van der Waals surface area contributed by atoms with Crippen molar-refractivity contribution in [3.8, 4) is 5.75 Å². The van der Waals surface area contributed by atoms with Gasteiger partial charge in [-0.05, 0) is 42.8 Å². The van der Waals surface area contributed by atoms with Crippen LogP contribution in [0.2, 0.25) is 0 Å². The quantitative estimate of drug-likeness (QED) is 0.147. The van der Waals surface area contributed by atoms with Crippen LogP contribution in [0.1, 0.15) is 74.2 Å². The van der Waals surface area contributed by atoms with E-state index < -0.39 is 5.63 Å². The van der Waals surface area contributed by atoms with Crippen molar-refractivity contribution in [2.45, 2.75) is 58.3 Å². The molecule has 0 aliphatic rings. The van der Waals surface area contributed by atoms with E-state index >= 15 is 0 Å². The molecule has 3 aromatic rings. The van der Waals surface area contributed by atoms with Crippen molar-refractivity contribution in [2.24, 2.45) is 4.99 Å². The highest BCUT2D eigenvalue weighted by molar-refractivity contribution is 5.94. The first-order chi connectivity index (χ1) is 16.1. The molecule has 0 radical (unpaired) electrons. The summed E-state index contributed by atoms with van der Waals surface area (Å²) >= 11 is 0. The van der Waals surface area contributed by atoms with Gasteiger partial charge < -0.3 is 14.3 Å². The molecule has 1 N–H and O–H groups in total. The molecule has 0 saturated heterocycles. The van der Waals surface area contributed by atoms with Crippen LogP contribution < -0.4 is 5.63 Å². The summed E-state index contributed by atoms with van der Waals surface area (Å²) in [4.78, 5) is 28.6. The fraction of sp³-hybridized carbons (Fsp3) is 0.370. The second kappa shape index (κ2) is 12.6. The third kappa shape index (κ3) is 7.04. The molecule has 0 saturated carbocycles. The van der Waals surface area contributed by atoms with Crippen LogP contribution in [0.25, 0.3) is 11.0 Å². The predicted molar refractivity (Wildman–Crippen MR) is 131 cm³/mol. The number of unbranched alkanes of at least 4 members (excludes halogenated alkanes) is 7. The van der Waals surface area contributed by atoms with E-state index in [1.54, 1.807) is 48.5 Å². The molecule has 0 aliphatic carbocycles. The fourth-order valence-electron chi connectivity index (χ4n) is 3.57. The van der Waals surface area contributed by atoms with Crippen LogP contribution in [0.4, 0.5) is 5.69 Å². The molecule has 0 bridgehead atoms. The summed E-state index contributed by atoms with van der Waals surface area (Å²) in [5.74, 6) is -0.534. The van der Waals surface area contributed by atoms with Gasteiger partial charge >= 0.3 is 11.6 Å². The predicted octanol–water partition coefficient (Wildman–Crippen LogP) is 6.55. The Labute approximate surface area is 193 Å². The van der Waals surface area contributed by atoms with E-state index in [0.717, 1.165) is 12.8 Å². The largest absolute Gasteiger partial charge is 0.506 e. The van der Waals surface area contributed by atoms with Gasteiger partial charge in [0, 0.05) is 6.21 Å². The van der Waals surface area contributed by atoms with Crippen molar-refractivity contribution in [1.82, 2.24) is 0 Å². The molecule has 174 valence electrons. The molecule has 6 nitrogen and oxygen atoms in total. The van der Waals surface area contributed by atoms with E-state index in [9.17, 15) is 14.7 Å². The zero-order valence-electron chi connectivity index (χ0n) is 19.1. The maximum Gasteiger partial charge on any atom is 0.348 e. The number of nitrogens with zero attached hydrogens (tertiary/aromatic N) is 1. The van der Waals surface area contributed by atoms with Crippen LogP contribution >= 0.6 is 0 Å². The molecule has 0 fully saturated rings. The Morgan fingerprint density at radius 3 is 2.36 bits per heavy atom. The lowest BCUT2D eigenvalue weighted by molar-refractivity contribution is 0.0497. The van der Waals surface area contributed by atoms with Crippen molar-refractivity contribution in [3.63, 3.8) is 0 Å². The maximum absolute atomic E-state index is 12.2. The second-order valence-electron chi connectivity index (χ2n) is 8.06. The average molecular weight is 450 g/mol. The molecule has 1 aromatic heterocycles. The van der Waals surface area contributed by atoms with Crippen LogP contribution in [-0.4, -0.2) is 23.9 Å². The minimum atomic E-state index is -0.670. The number of ether oxygens (including phenoxy) is 1. The number of rotatable bonds is 12. The molecule has 0 aliphatic heterocycles. The number of aromatic hydroxyl groups is 1. The van der Waals surface area contributed by atoms with Gasteiger partial charge in [-0.25, -0.2) is 9.59 Å². The summed E-state index contributed by atoms with van der Waals surface area (Å²) in [5.41, 5.74) is 0.591. The number of aliphatic imine (C=N–C) groups is 1. The van der Waals surface area contributed by atoms with E-state index in [4.69, 9.17) is 9.15 Å². The Morgan fingerprint density at radius 2 is 1.64 bits per heavy atom. The number of hydrogen-bond donors (Lipinski definition) is 1. The lowest BCUT2D eigenvalue weighted by Crippen LogP contribution is -2.07. The third-order valence-electron chi connectivity index (χ3n) is 5.50. The zero-order chi connectivity index (χ0) is 23.5. The van der Waals surface area contributed by atoms with Crippen LogP contribution in [0.5, 0.6) is 5.75 Å². The molecule has 2 aromatic carbocycles. The molecular formula is C27H31NO5. The van der Waals surface area contributed by atoms with E-state index in [1.807, 2.05) is 0 Å². The Kier molecular flexibility index (Phi) is 9.24. The third-order valence-corrected chi connectivity index (χ3v) is 5.50. The van der Waals surface area contributed by atoms with Crippen molar-refractivity contribution < 1.29 is 19.1 Å². The Hall–Kier alpha value is -3.41. The SMILES string of the molecule is CCCCCCCCCCOC(=O)c1ccc(N=Cc2c(O)c3ccccc3oc2=O)cc1. The highest BCUT2D eigenvalue weighted by atomic mass is 16.5. The maximum atomic E-state index is 12.2.